The first-order valence-corrected chi connectivity index (χ1v) is 4.75. The summed E-state index contributed by atoms with van der Waals surface area (Å²) >= 11 is 1.39. The molecule has 0 spiro atoms. The topological polar surface area (TPSA) is 76.5 Å². The fourth-order valence-corrected chi connectivity index (χ4v) is 1.68. The lowest BCUT2D eigenvalue weighted by molar-refractivity contribution is -0.137. The molecule has 1 atom stereocenters. The van der Waals surface area contributed by atoms with Crippen LogP contribution in [0, 0.1) is 6.92 Å². The summed E-state index contributed by atoms with van der Waals surface area (Å²) in [5.74, 6) is 0.173. The molecule has 3 N–H and O–H groups in total. The minimum atomic E-state index is -0.978. The van der Waals surface area contributed by atoms with Gasteiger partial charge in [0.1, 0.15) is 11.8 Å². The monoisotopic (exact) mass is 201 g/mol. The van der Waals surface area contributed by atoms with Crippen molar-refractivity contribution >= 4 is 17.7 Å². The Kier molecular flexibility index (Phi) is 3.39. The Labute approximate surface area is 80.1 Å². The zero-order chi connectivity index (χ0) is 9.84. The van der Waals surface area contributed by atoms with Crippen molar-refractivity contribution < 1.29 is 14.3 Å². The van der Waals surface area contributed by atoms with Crippen molar-refractivity contribution in [2.75, 3.05) is 5.75 Å². The molecule has 5 heteroatoms. The normalized spacial score (nSPS) is 12.8. The number of furan rings is 1. The lowest BCUT2D eigenvalue weighted by atomic mass is 10.4. The second-order valence-corrected chi connectivity index (χ2v) is 3.66. The maximum absolute atomic E-state index is 10.4. The molecule has 0 aliphatic carbocycles. The van der Waals surface area contributed by atoms with E-state index in [-0.39, 0.29) is 0 Å². The highest BCUT2D eigenvalue weighted by Gasteiger charge is 2.12. The first kappa shape index (κ1) is 10.1. The Morgan fingerprint density at radius 2 is 2.54 bits per heavy atom. The number of thioether (sulfide) groups is 1. The predicted molar refractivity (Wildman–Crippen MR) is 49.8 cm³/mol. The van der Waals surface area contributed by atoms with Gasteiger partial charge in [-0.15, -0.1) is 11.8 Å². The third-order valence-corrected chi connectivity index (χ3v) is 2.81. The molecule has 0 amide bonds. The van der Waals surface area contributed by atoms with E-state index in [1.165, 1.54) is 11.8 Å². The quantitative estimate of drug-likeness (QED) is 0.713. The molecule has 4 nitrogen and oxygen atoms in total. The molecule has 0 aliphatic rings. The molecule has 0 bridgehead atoms. The molecule has 1 rings (SSSR count). The SMILES string of the molecule is Cc1occc1SC[C@H](N)C(=O)O. The van der Waals surface area contributed by atoms with Crippen molar-refractivity contribution in [3.63, 3.8) is 0 Å². The summed E-state index contributed by atoms with van der Waals surface area (Å²) < 4.78 is 5.05. The van der Waals surface area contributed by atoms with Gasteiger partial charge in [0.2, 0.25) is 0 Å². The number of nitrogens with two attached hydrogens (primary N) is 1. The number of hydrogen-bond donors (Lipinski definition) is 2. The largest absolute Gasteiger partial charge is 0.480 e. The van der Waals surface area contributed by atoms with Crippen molar-refractivity contribution in [1.29, 1.82) is 0 Å². The number of aryl methyl sites for hydroxylation is 1. The van der Waals surface area contributed by atoms with E-state index in [1.54, 1.807) is 12.3 Å². The zero-order valence-electron chi connectivity index (χ0n) is 7.19. The number of hydrogen-bond acceptors (Lipinski definition) is 4. The number of rotatable bonds is 4. The molecule has 1 aromatic heterocycles. The number of carbonyl (C=O) groups is 1. The van der Waals surface area contributed by atoms with Gasteiger partial charge in [-0.2, -0.15) is 0 Å². The van der Waals surface area contributed by atoms with Crippen LogP contribution >= 0.6 is 11.8 Å². The van der Waals surface area contributed by atoms with Crippen LogP contribution in [0.25, 0.3) is 0 Å². The third kappa shape index (κ3) is 2.78. The highest BCUT2D eigenvalue weighted by atomic mass is 32.2. The molecule has 1 heterocycles. The van der Waals surface area contributed by atoms with Crippen molar-refractivity contribution in [3.05, 3.63) is 18.1 Å². The van der Waals surface area contributed by atoms with Gasteiger partial charge in [-0.3, -0.25) is 4.79 Å². The first-order valence-electron chi connectivity index (χ1n) is 3.76. The van der Waals surface area contributed by atoms with E-state index in [4.69, 9.17) is 15.3 Å². The smallest absolute Gasteiger partial charge is 0.321 e. The molecule has 0 aromatic carbocycles. The van der Waals surface area contributed by atoms with Crippen molar-refractivity contribution in [1.82, 2.24) is 0 Å². The molecule has 0 saturated carbocycles. The van der Waals surface area contributed by atoms with Crippen LogP contribution in [0.5, 0.6) is 0 Å². The van der Waals surface area contributed by atoms with Crippen LogP contribution < -0.4 is 5.73 Å². The van der Waals surface area contributed by atoms with E-state index in [1.807, 2.05) is 6.92 Å². The van der Waals surface area contributed by atoms with Crippen molar-refractivity contribution in [2.24, 2.45) is 5.73 Å². The third-order valence-electron chi connectivity index (χ3n) is 1.55. The molecule has 72 valence electrons. The fraction of sp³-hybridized carbons (Fsp3) is 0.375. The first-order chi connectivity index (χ1) is 6.11. The minimum absolute atomic E-state index is 0.357. The molecule has 0 radical (unpaired) electrons. The van der Waals surface area contributed by atoms with Gasteiger partial charge in [0.05, 0.1) is 6.26 Å². The van der Waals surface area contributed by atoms with Gasteiger partial charge in [-0.05, 0) is 13.0 Å². The lowest BCUT2D eigenvalue weighted by Gasteiger charge is -2.04. The minimum Gasteiger partial charge on any atom is -0.480 e. The Morgan fingerprint density at radius 1 is 1.85 bits per heavy atom. The average molecular weight is 201 g/mol. The maximum Gasteiger partial charge on any atom is 0.321 e. The zero-order valence-corrected chi connectivity index (χ0v) is 8.00. The summed E-state index contributed by atoms with van der Waals surface area (Å²) in [6.07, 6.45) is 1.57. The molecule has 0 aliphatic heterocycles. The Hall–Kier alpha value is -0.940. The van der Waals surface area contributed by atoms with Gasteiger partial charge in [-0.1, -0.05) is 0 Å². The summed E-state index contributed by atoms with van der Waals surface area (Å²) in [6.45, 7) is 1.83. The summed E-state index contributed by atoms with van der Waals surface area (Å²) in [4.78, 5) is 11.3. The van der Waals surface area contributed by atoms with Gasteiger partial charge in [0.25, 0.3) is 0 Å². The molecule has 13 heavy (non-hydrogen) atoms. The van der Waals surface area contributed by atoms with Gasteiger partial charge in [-0.25, -0.2) is 0 Å². The second kappa shape index (κ2) is 4.34. The van der Waals surface area contributed by atoms with Crippen LogP contribution in [0.1, 0.15) is 5.76 Å². The van der Waals surface area contributed by atoms with Crippen LogP contribution in [0.15, 0.2) is 21.6 Å². The van der Waals surface area contributed by atoms with Gasteiger partial charge >= 0.3 is 5.97 Å². The Bertz CT molecular complexity index is 297. The summed E-state index contributed by atoms with van der Waals surface area (Å²) in [5.41, 5.74) is 5.33. The van der Waals surface area contributed by atoms with Crippen LogP contribution in [0.4, 0.5) is 0 Å². The summed E-state index contributed by atoms with van der Waals surface area (Å²) in [6, 6.07) is 0.980. The Morgan fingerprint density at radius 3 is 3.00 bits per heavy atom. The molecule has 1 aromatic rings. The molecule has 0 unspecified atom stereocenters. The highest BCUT2D eigenvalue weighted by Crippen LogP contribution is 2.23. The van der Waals surface area contributed by atoms with E-state index < -0.39 is 12.0 Å². The van der Waals surface area contributed by atoms with Crippen LogP contribution in [0.2, 0.25) is 0 Å². The number of aliphatic carboxylic acids is 1. The number of carboxylic acids is 1. The van der Waals surface area contributed by atoms with Crippen LogP contribution in [-0.2, 0) is 4.79 Å². The molecular formula is C8H11NO3S. The van der Waals surface area contributed by atoms with Crippen LogP contribution in [-0.4, -0.2) is 22.9 Å². The van der Waals surface area contributed by atoms with Gasteiger partial charge in [0, 0.05) is 10.6 Å². The van der Waals surface area contributed by atoms with Crippen molar-refractivity contribution in [2.45, 2.75) is 17.9 Å². The van der Waals surface area contributed by atoms with E-state index in [0.717, 1.165) is 10.7 Å². The van der Waals surface area contributed by atoms with Gasteiger partial charge in [0.15, 0.2) is 0 Å². The van der Waals surface area contributed by atoms with E-state index >= 15 is 0 Å². The van der Waals surface area contributed by atoms with Crippen LogP contribution in [0.3, 0.4) is 0 Å². The molecule has 0 saturated heterocycles. The van der Waals surface area contributed by atoms with E-state index in [0.29, 0.717) is 5.75 Å². The van der Waals surface area contributed by atoms with E-state index in [2.05, 4.69) is 0 Å². The van der Waals surface area contributed by atoms with Crippen molar-refractivity contribution in [3.8, 4) is 0 Å². The molecular weight excluding hydrogens is 190 g/mol. The highest BCUT2D eigenvalue weighted by molar-refractivity contribution is 7.99. The number of carboxylic acid groups (broad SMARTS) is 1. The standard InChI is InChI=1S/C8H11NO3S/c1-5-7(2-3-12-5)13-4-6(9)8(10)11/h2-3,6H,4,9H2,1H3,(H,10,11)/t6-/m0/s1. The lowest BCUT2D eigenvalue weighted by Crippen LogP contribution is -2.32. The molecule has 0 fully saturated rings. The predicted octanol–water partition coefficient (Wildman–Crippen LogP) is 1.09. The Balaban J connectivity index is 2.44. The maximum atomic E-state index is 10.4. The second-order valence-electron chi connectivity index (χ2n) is 2.60. The average Bonchev–Trinajstić information content (AvgIpc) is 2.47. The fourth-order valence-electron chi connectivity index (χ4n) is 0.774. The summed E-state index contributed by atoms with van der Waals surface area (Å²) in [7, 11) is 0. The van der Waals surface area contributed by atoms with Gasteiger partial charge < -0.3 is 15.3 Å². The summed E-state index contributed by atoms with van der Waals surface area (Å²) in [5, 5.41) is 8.52. The van der Waals surface area contributed by atoms with E-state index in [9.17, 15) is 4.79 Å².